The van der Waals surface area contributed by atoms with E-state index in [1.165, 1.54) is 6.07 Å². The lowest BCUT2D eigenvalue weighted by molar-refractivity contribution is 0.0690. The molecule has 3 rings (SSSR count). The summed E-state index contributed by atoms with van der Waals surface area (Å²) in [5, 5.41) is 15.3. The van der Waals surface area contributed by atoms with E-state index in [-0.39, 0.29) is 5.69 Å². The number of aromatic nitrogens is 3. The molecule has 0 aliphatic carbocycles. The van der Waals surface area contributed by atoms with Gasteiger partial charge in [0, 0.05) is 5.56 Å². The molecule has 2 N–H and O–H groups in total. The van der Waals surface area contributed by atoms with Crippen LogP contribution in [-0.4, -0.2) is 26.3 Å². The lowest BCUT2D eigenvalue weighted by atomic mass is 10.1. The maximum absolute atomic E-state index is 10.7. The number of carboxylic acids is 1. The third-order valence-electron chi connectivity index (χ3n) is 2.44. The van der Waals surface area contributed by atoms with E-state index in [0.29, 0.717) is 5.69 Å². The Balaban J connectivity index is 2.09. The molecule has 0 aliphatic rings. The highest BCUT2D eigenvalue weighted by atomic mass is 32.1. The number of aromatic carboxylic acids is 1. The minimum absolute atomic E-state index is 0.0874. The highest BCUT2D eigenvalue weighted by molar-refractivity contribution is 7.16. The number of nitrogens with one attached hydrogen (secondary N) is 1. The van der Waals surface area contributed by atoms with Gasteiger partial charge in [-0.1, -0.05) is 6.07 Å². The molecule has 0 saturated carbocycles. The van der Waals surface area contributed by atoms with Crippen molar-refractivity contribution in [3.8, 4) is 11.3 Å². The van der Waals surface area contributed by atoms with Gasteiger partial charge in [0.2, 0.25) is 0 Å². The van der Waals surface area contributed by atoms with Crippen molar-refractivity contribution in [1.29, 1.82) is 0 Å². The van der Waals surface area contributed by atoms with Crippen molar-refractivity contribution in [2.75, 3.05) is 0 Å². The first-order valence-electron chi connectivity index (χ1n) is 4.86. The molecule has 5 nitrogen and oxygen atoms in total. The number of fused-ring (bicyclic) bond motifs is 1. The topological polar surface area (TPSA) is 78.9 Å². The molecule has 0 bridgehead atoms. The van der Waals surface area contributed by atoms with E-state index in [1.54, 1.807) is 16.8 Å². The molecule has 1 aromatic carbocycles. The molecule has 0 amide bonds. The Bertz CT molecular complexity index is 701. The van der Waals surface area contributed by atoms with Gasteiger partial charge in [0.1, 0.15) is 5.69 Å². The van der Waals surface area contributed by atoms with Crippen LogP contribution in [0.25, 0.3) is 21.5 Å². The summed E-state index contributed by atoms with van der Waals surface area (Å²) >= 11 is 1.54. The summed E-state index contributed by atoms with van der Waals surface area (Å²) in [6, 6.07) is 7.25. The summed E-state index contributed by atoms with van der Waals surface area (Å²) in [6.45, 7) is 0. The first-order valence-corrected chi connectivity index (χ1v) is 5.74. The van der Waals surface area contributed by atoms with Gasteiger partial charge in [0.25, 0.3) is 0 Å². The molecule has 0 saturated heterocycles. The quantitative estimate of drug-likeness (QED) is 0.726. The van der Waals surface area contributed by atoms with Crippen molar-refractivity contribution >= 4 is 27.5 Å². The van der Waals surface area contributed by atoms with Crippen LogP contribution in [0.15, 0.2) is 29.8 Å². The number of hydrogen-bond donors (Lipinski definition) is 2. The van der Waals surface area contributed by atoms with Crippen LogP contribution in [-0.2, 0) is 0 Å². The highest BCUT2D eigenvalue weighted by Crippen LogP contribution is 2.25. The van der Waals surface area contributed by atoms with E-state index < -0.39 is 5.97 Å². The van der Waals surface area contributed by atoms with Crippen molar-refractivity contribution in [3.05, 3.63) is 35.5 Å². The van der Waals surface area contributed by atoms with Crippen molar-refractivity contribution < 1.29 is 9.90 Å². The molecule has 0 unspecified atom stereocenters. The Labute approximate surface area is 99.7 Å². The number of carboxylic acid groups (broad SMARTS) is 1. The lowest BCUT2D eigenvalue weighted by Gasteiger charge is -1.95. The number of thiazole rings is 1. The molecule has 17 heavy (non-hydrogen) atoms. The number of carbonyl (C=O) groups is 1. The number of aromatic amines is 1. The van der Waals surface area contributed by atoms with Gasteiger partial charge in [-0.05, 0) is 18.2 Å². The van der Waals surface area contributed by atoms with E-state index in [9.17, 15) is 4.79 Å². The molecular formula is C11H7N3O2S. The van der Waals surface area contributed by atoms with Gasteiger partial charge in [-0.15, -0.1) is 11.3 Å². The maximum Gasteiger partial charge on any atom is 0.353 e. The van der Waals surface area contributed by atoms with Crippen LogP contribution in [0.2, 0.25) is 0 Å². The smallest absolute Gasteiger partial charge is 0.353 e. The molecule has 0 fully saturated rings. The molecule has 2 heterocycles. The van der Waals surface area contributed by atoms with E-state index in [2.05, 4.69) is 15.2 Å². The fourth-order valence-corrected chi connectivity index (χ4v) is 2.31. The second kappa shape index (κ2) is 3.67. The van der Waals surface area contributed by atoms with Gasteiger partial charge in [0.15, 0.2) is 0 Å². The van der Waals surface area contributed by atoms with Crippen LogP contribution in [0.1, 0.15) is 10.5 Å². The van der Waals surface area contributed by atoms with Crippen LogP contribution < -0.4 is 0 Å². The summed E-state index contributed by atoms with van der Waals surface area (Å²) in [6.07, 6.45) is 0. The van der Waals surface area contributed by atoms with Crippen molar-refractivity contribution in [1.82, 2.24) is 15.2 Å². The van der Waals surface area contributed by atoms with Crippen LogP contribution >= 0.6 is 11.3 Å². The molecular weight excluding hydrogens is 238 g/mol. The second-order valence-electron chi connectivity index (χ2n) is 3.51. The summed E-state index contributed by atoms with van der Waals surface area (Å²) in [7, 11) is 0. The van der Waals surface area contributed by atoms with E-state index in [1.807, 2.05) is 18.2 Å². The molecule has 2 aromatic heterocycles. The minimum atomic E-state index is -1.01. The standard InChI is InChI=1S/C11H7N3O2S/c15-11(16)9-4-8(13-14-9)6-1-2-7-10(3-6)17-5-12-7/h1-5H,(H,13,14)(H,15,16). The molecule has 0 atom stereocenters. The lowest BCUT2D eigenvalue weighted by Crippen LogP contribution is -1.95. The zero-order chi connectivity index (χ0) is 11.8. The zero-order valence-electron chi connectivity index (χ0n) is 8.54. The van der Waals surface area contributed by atoms with Crippen molar-refractivity contribution in [2.45, 2.75) is 0 Å². The minimum Gasteiger partial charge on any atom is -0.477 e. The van der Waals surface area contributed by atoms with E-state index in [0.717, 1.165) is 15.8 Å². The Hall–Kier alpha value is -2.21. The number of rotatable bonds is 2. The molecule has 0 aliphatic heterocycles. The van der Waals surface area contributed by atoms with Gasteiger partial charge in [-0.3, -0.25) is 5.10 Å². The van der Waals surface area contributed by atoms with E-state index >= 15 is 0 Å². The predicted octanol–water partition coefficient (Wildman–Crippen LogP) is 2.38. The van der Waals surface area contributed by atoms with Crippen LogP contribution in [0.3, 0.4) is 0 Å². The summed E-state index contributed by atoms with van der Waals surface area (Å²) in [5.74, 6) is -1.01. The molecule has 3 aromatic rings. The SMILES string of the molecule is O=C(O)c1cc(-c2ccc3ncsc3c2)n[nH]1. The monoisotopic (exact) mass is 245 g/mol. The fourth-order valence-electron chi connectivity index (χ4n) is 1.59. The largest absolute Gasteiger partial charge is 0.477 e. The average molecular weight is 245 g/mol. The van der Waals surface area contributed by atoms with Gasteiger partial charge < -0.3 is 5.11 Å². The Morgan fingerprint density at radius 1 is 1.35 bits per heavy atom. The van der Waals surface area contributed by atoms with Crippen LogP contribution in [0.4, 0.5) is 0 Å². The van der Waals surface area contributed by atoms with Crippen LogP contribution in [0, 0.1) is 0 Å². The summed E-state index contributed by atoms with van der Waals surface area (Å²) in [4.78, 5) is 14.9. The maximum atomic E-state index is 10.7. The van der Waals surface area contributed by atoms with E-state index in [4.69, 9.17) is 5.11 Å². The van der Waals surface area contributed by atoms with Gasteiger partial charge in [-0.25, -0.2) is 9.78 Å². The van der Waals surface area contributed by atoms with Gasteiger partial charge in [-0.2, -0.15) is 5.10 Å². The Morgan fingerprint density at radius 2 is 2.24 bits per heavy atom. The summed E-state index contributed by atoms with van der Waals surface area (Å²) in [5.41, 5.74) is 4.31. The molecule has 6 heteroatoms. The highest BCUT2D eigenvalue weighted by Gasteiger charge is 2.09. The first-order chi connectivity index (χ1) is 8.24. The number of hydrogen-bond acceptors (Lipinski definition) is 4. The predicted molar refractivity (Wildman–Crippen MR) is 64.2 cm³/mol. The zero-order valence-corrected chi connectivity index (χ0v) is 9.36. The number of nitrogens with zero attached hydrogens (tertiary/aromatic N) is 2. The first kappa shape index (κ1) is 9.98. The Morgan fingerprint density at radius 3 is 3.00 bits per heavy atom. The third kappa shape index (κ3) is 1.68. The third-order valence-corrected chi connectivity index (χ3v) is 3.23. The second-order valence-corrected chi connectivity index (χ2v) is 4.39. The van der Waals surface area contributed by atoms with Crippen LogP contribution in [0.5, 0.6) is 0 Å². The molecule has 0 spiro atoms. The summed E-state index contributed by atoms with van der Waals surface area (Å²) < 4.78 is 1.06. The normalized spacial score (nSPS) is 10.8. The number of benzene rings is 1. The molecule has 0 radical (unpaired) electrons. The Kier molecular flexibility index (Phi) is 2.15. The van der Waals surface area contributed by atoms with Gasteiger partial charge in [0.05, 0.1) is 21.4 Å². The van der Waals surface area contributed by atoms with Crippen molar-refractivity contribution in [2.24, 2.45) is 0 Å². The fraction of sp³-hybridized carbons (Fsp3) is 0. The molecule has 84 valence electrons. The average Bonchev–Trinajstić information content (AvgIpc) is 2.97. The van der Waals surface area contributed by atoms with Crippen molar-refractivity contribution in [3.63, 3.8) is 0 Å². The van der Waals surface area contributed by atoms with Gasteiger partial charge >= 0.3 is 5.97 Å². The number of H-pyrrole nitrogens is 1.